The molecule has 1 N–H and O–H groups in total. The summed E-state index contributed by atoms with van der Waals surface area (Å²) >= 11 is 0. The van der Waals surface area contributed by atoms with E-state index < -0.39 is 6.04 Å². The van der Waals surface area contributed by atoms with E-state index in [4.69, 9.17) is 10.3 Å². The minimum Gasteiger partial charge on any atom is -0.465 e. The Labute approximate surface area is 94.4 Å². The van der Waals surface area contributed by atoms with Crippen LogP contribution in [-0.2, 0) is 9.53 Å². The average Bonchev–Trinajstić information content (AvgIpc) is 2.31. The van der Waals surface area contributed by atoms with Crippen molar-refractivity contribution in [1.29, 1.82) is 0 Å². The maximum absolute atomic E-state index is 11.7. The van der Waals surface area contributed by atoms with Crippen LogP contribution in [0, 0.1) is 0 Å². The molecule has 1 aliphatic heterocycles. The lowest BCUT2D eigenvalue weighted by Gasteiger charge is -2.32. The molecule has 0 spiro atoms. The number of carbonyl (C=O) groups is 1. The van der Waals surface area contributed by atoms with Crippen LogP contribution in [0.5, 0.6) is 0 Å². The third kappa shape index (κ3) is 3.69. The highest BCUT2D eigenvalue weighted by Crippen LogP contribution is 2.05. The van der Waals surface area contributed by atoms with Gasteiger partial charge in [-0.05, 0) is 12.5 Å². The van der Waals surface area contributed by atoms with Gasteiger partial charge in [-0.25, -0.2) is 0 Å². The fraction of sp³-hybridized carbons (Fsp3) is 0.889. The van der Waals surface area contributed by atoms with Crippen molar-refractivity contribution < 1.29 is 9.53 Å². The largest absolute Gasteiger partial charge is 0.465 e. The molecule has 0 aromatic rings. The van der Waals surface area contributed by atoms with Crippen molar-refractivity contribution in [1.82, 2.24) is 10.2 Å². The van der Waals surface area contributed by atoms with Gasteiger partial charge in [0.1, 0.15) is 6.04 Å². The summed E-state index contributed by atoms with van der Waals surface area (Å²) in [5, 5.41) is 6.67. The summed E-state index contributed by atoms with van der Waals surface area (Å²) in [5.41, 5.74) is 8.30. The number of hydrogen-bond acceptors (Lipinski definition) is 5. The van der Waals surface area contributed by atoms with Crippen LogP contribution >= 0.6 is 0 Å². The second-order valence-electron chi connectivity index (χ2n) is 3.47. The number of nitrogens with zero attached hydrogens (tertiary/aromatic N) is 4. The zero-order valence-electron chi connectivity index (χ0n) is 9.43. The van der Waals surface area contributed by atoms with Crippen LogP contribution in [0.4, 0.5) is 0 Å². The van der Waals surface area contributed by atoms with Gasteiger partial charge in [0.05, 0.1) is 13.2 Å². The van der Waals surface area contributed by atoms with Crippen molar-refractivity contribution in [3.05, 3.63) is 10.4 Å². The van der Waals surface area contributed by atoms with Crippen molar-refractivity contribution in [3.63, 3.8) is 0 Å². The fourth-order valence-electron chi connectivity index (χ4n) is 1.69. The third-order valence-electron chi connectivity index (χ3n) is 2.47. The number of piperazine rings is 1. The molecular formula is C9H17N5O2. The topological polar surface area (TPSA) is 90.3 Å². The molecule has 0 radical (unpaired) electrons. The number of hydrogen-bond donors (Lipinski definition) is 1. The quantitative estimate of drug-likeness (QED) is 0.313. The van der Waals surface area contributed by atoms with Gasteiger partial charge >= 0.3 is 5.97 Å². The van der Waals surface area contributed by atoms with Crippen LogP contribution in [0.1, 0.15) is 6.92 Å². The van der Waals surface area contributed by atoms with Gasteiger partial charge in [0.15, 0.2) is 0 Å². The minimum atomic E-state index is -0.446. The standard InChI is InChI=1S/C9H17N5O2/c1-2-16-9(15)8(7-12-13-10)14-5-3-11-4-6-14/h8,11H,2-7H2,1H3. The van der Waals surface area contributed by atoms with E-state index in [1.807, 2.05) is 4.90 Å². The molecular weight excluding hydrogens is 210 g/mol. The smallest absolute Gasteiger partial charge is 0.323 e. The molecule has 0 amide bonds. The number of azide groups is 1. The zero-order valence-corrected chi connectivity index (χ0v) is 9.43. The summed E-state index contributed by atoms with van der Waals surface area (Å²) in [6.07, 6.45) is 0. The van der Waals surface area contributed by atoms with Crippen LogP contribution in [0.15, 0.2) is 5.11 Å². The number of rotatable bonds is 5. The summed E-state index contributed by atoms with van der Waals surface area (Å²) in [7, 11) is 0. The van der Waals surface area contributed by atoms with E-state index in [-0.39, 0.29) is 12.5 Å². The lowest BCUT2D eigenvalue weighted by Crippen LogP contribution is -2.52. The van der Waals surface area contributed by atoms with E-state index in [2.05, 4.69) is 15.3 Å². The van der Waals surface area contributed by atoms with Gasteiger partial charge in [-0.2, -0.15) is 0 Å². The van der Waals surface area contributed by atoms with Gasteiger partial charge in [0.25, 0.3) is 0 Å². The minimum absolute atomic E-state index is 0.134. The van der Waals surface area contributed by atoms with Crippen LogP contribution in [0.3, 0.4) is 0 Å². The van der Waals surface area contributed by atoms with Crippen molar-refractivity contribution in [2.24, 2.45) is 5.11 Å². The van der Waals surface area contributed by atoms with Crippen LogP contribution in [0.2, 0.25) is 0 Å². The second-order valence-corrected chi connectivity index (χ2v) is 3.47. The monoisotopic (exact) mass is 227 g/mol. The van der Waals surface area contributed by atoms with E-state index >= 15 is 0 Å². The summed E-state index contributed by atoms with van der Waals surface area (Å²) < 4.78 is 4.97. The first kappa shape index (κ1) is 12.8. The molecule has 0 saturated carbocycles. The van der Waals surface area contributed by atoms with Crippen molar-refractivity contribution >= 4 is 5.97 Å². The highest BCUT2D eigenvalue weighted by atomic mass is 16.5. The molecule has 1 aliphatic rings. The lowest BCUT2D eigenvalue weighted by molar-refractivity contribution is -0.149. The summed E-state index contributed by atoms with van der Waals surface area (Å²) in [6, 6.07) is -0.446. The maximum Gasteiger partial charge on any atom is 0.323 e. The van der Waals surface area contributed by atoms with Gasteiger partial charge in [0, 0.05) is 31.1 Å². The lowest BCUT2D eigenvalue weighted by atomic mass is 10.2. The van der Waals surface area contributed by atoms with Crippen molar-refractivity contribution in [2.45, 2.75) is 13.0 Å². The molecule has 1 saturated heterocycles. The molecule has 1 fully saturated rings. The van der Waals surface area contributed by atoms with Gasteiger partial charge in [0.2, 0.25) is 0 Å². The first-order chi connectivity index (χ1) is 7.79. The maximum atomic E-state index is 11.7. The highest BCUT2D eigenvalue weighted by molar-refractivity contribution is 5.76. The Balaban J connectivity index is 2.60. The molecule has 1 rings (SSSR count). The van der Waals surface area contributed by atoms with E-state index in [0.717, 1.165) is 26.2 Å². The molecule has 0 aromatic carbocycles. The molecule has 1 atom stereocenters. The molecule has 1 unspecified atom stereocenters. The zero-order chi connectivity index (χ0) is 11.8. The van der Waals surface area contributed by atoms with Crippen LogP contribution < -0.4 is 5.32 Å². The van der Waals surface area contributed by atoms with E-state index in [9.17, 15) is 4.79 Å². The van der Waals surface area contributed by atoms with Crippen molar-refractivity contribution in [3.8, 4) is 0 Å². The first-order valence-corrected chi connectivity index (χ1v) is 5.41. The molecule has 16 heavy (non-hydrogen) atoms. The molecule has 1 heterocycles. The van der Waals surface area contributed by atoms with Gasteiger partial charge in [-0.3, -0.25) is 9.69 Å². The Kier molecular flexibility index (Phi) is 5.63. The Morgan fingerprint density at radius 2 is 2.31 bits per heavy atom. The average molecular weight is 227 g/mol. The fourth-order valence-corrected chi connectivity index (χ4v) is 1.69. The van der Waals surface area contributed by atoms with E-state index in [1.54, 1.807) is 6.92 Å². The summed E-state index contributed by atoms with van der Waals surface area (Å²) in [6.45, 7) is 5.46. The normalized spacial score (nSPS) is 18.6. The molecule has 0 aromatic heterocycles. The SMILES string of the molecule is CCOC(=O)C(CN=[N+]=[N-])N1CCNCC1. The Morgan fingerprint density at radius 3 is 2.88 bits per heavy atom. The Bertz CT molecular complexity index is 271. The molecule has 90 valence electrons. The van der Waals surface area contributed by atoms with Gasteiger partial charge in [-0.1, -0.05) is 5.11 Å². The van der Waals surface area contributed by atoms with E-state index in [0.29, 0.717) is 6.61 Å². The van der Waals surface area contributed by atoms with E-state index in [1.165, 1.54) is 0 Å². The van der Waals surface area contributed by atoms with Crippen LogP contribution in [0.25, 0.3) is 10.4 Å². The Morgan fingerprint density at radius 1 is 1.62 bits per heavy atom. The number of carbonyl (C=O) groups excluding carboxylic acids is 1. The second kappa shape index (κ2) is 7.05. The number of esters is 1. The number of ether oxygens (including phenoxy) is 1. The highest BCUT2D eigenvalue weighted by Gasteiger charge is 2.27. The van der Waals surface area contributed by atoms with Gasteiger partial charge in [-0.15, -0.1) is 0 Å². The Hall–Kier alpha value is -1.30. The summed E-state index contributed by atoms with van der Waals surface area (Å²) in [5.74, 6) is -0.309. The molecule has 0 bridgehead atoms. The first-order valence-electron chi connectivity index (χ1n) is 5.41. The number of nitrogens with one attached hydrogen (secondary N) is 1. The molecule has 0 aliphatic carbocycles. The predicted octanol–water partition coefficient (Wildman–Crippen LogP) is 0.134. The van der Waals surface area contributed by atoms with Gasteiger partial charge < -0.3 is 10.1 Å². The predicted molar refractivity (Wildman–Crippen MR) is 58.9 cm³/mol. The molecule has 7 nitrogen and oxygen atoms in total. The summed E-state index contributed by atoms with van der Waals surface area (Å²) in [4.78, 5) is 16.4. The van der Waals surface area contributed by atoms with Crippen molar-refractivity contribution in [2.75, 3.05) is 39.3 Å². The molecule has 7 heteroatoms. The third-order valence-corrected chi connectivity index (χ3v) is 2.47. The van der Waals surface area contributed by atoms with Crippen LogP contribution in [-0.4, -0.2) is 56.2 Å².